The lowest BCUT2D eigenvalue weighted by molar-refractivity contribution is -0.148. The second-order valence-electron chi connectivity index (χ2n) is 10.2. The third kappa shape index (κ3) is 4.02. The van der Waals surface area contributed by atoms with E-state index >= 15 is 0 Å². The Balaban J connectivity index is 1.55. The van der Waals surface area contributed by atoms with Crippen molar-refractivity contribution in [1.82, 2.24) is 4.90 Å². The molecule has 37 heavy (non-hydrogen) atoms. The van der Waals surface area contributed by atoms with E-state index in [1.165, 1.54) is 4.90 Å². The number of rotatable bonds is 8. The molecule has 3 aliphatic rings. The first-order valence-corrected chi connectivity index (χ1v) is 13.2. The SMILES string of the molecule is CC[C@@H](CO)N1C(=O)[C@@H]2[C@@H](C(=O)Nc3ccccc3)[C@@]3(CC)CCC2(O3)C1C(=O)Nc1ccc(Cl)cc1. The van der Waals surface area contributed by atoms with E-state index in [4.69, 9.17) is 16.3 Å². The van der Waals surface area contributed by atoms with Crippen LogP contribution >= 0.6 is 11.6 Å². The van der Waals surface area contributed by atoms with Gasteiger partial charge in [0.25, 0.3) is 0 Å². The lowest BCUT2D eigenvalue weighted by Crippen LogP contribution is -2.56. The van der Waals surface area contributed by atoms with E-state index < -0.39 is 41.0 Å². The second-order valence-corrected chi connectivity index (χ2v) is 10.6. The van der Waals surface area contributed by atoms with Crippen LogP contribution in [-0.2, 0) is 19.1 Å². The number of likely N-dealkylation sites (tertiary alicyclic amines) is 1. The zero-order chi connectivity index (χ0) is 26.4. The van der Waals surface area contributed by atoms with Crippen LogP contribution in [0.5, 0.6) is 0 Å². The number of carbonyl (C=O) groups excluding carboxylic acids is 3. The van der Waals surface area contributed by atoms with E-state index in [9.17, 15) is 19.5 Å². The molecule has 3 fully saturated rings. The zero-order valence-electron chi connectivity index (χ0n) is 20.9. The maximum absolute atomic E-state index is 14.1. The number of halogens is 1. The van der Waals surface area contributed by atoms with Crippen LogP contribution in [0.2, 0.25) is 5.02 Å². The quantitative estimate of drug-likeness (QED) is 0.485. The number of nitrogens with one attached hydrogen (secondary N) is 2. The first kappa shape index (κ1) is 25.7. The van der Waals surface area contributed by atoms with Crippen LogP contribution in [0.3, 0.4) is 0 Å². The molecule has 3 heterocycles. The molecule has 2 unspecified atom stereocenters. The standard InChI is InChI=1S/C28H32ClN3O5/c1-3-20(16-33)32-23(25(35)31-19-12-10-17(29)11-13-19)28-15-14-27(4-2,37-28)21(22(28)26(32)36)24(34)30-18-8-6-5-7-9-18/h5-13,20-23,33H,3-4,14-16H2,1-2H3,(H,30,34)(H,31,35)/t20-,21-,22-,23?,27+,28?/m0/s1. The highest BCUT2D eigenvalue weighted by Gasteiger charge is 2.79. The van der Waals surface area contributed by atoms with Crippen molar-refractivity contribution in [1.29, 1.82) is 0 Å². The van der Waals surface area contributed by atoms with E-state index in [1.54, 1.807) is 36.4 Å². The Bertz CT molecular complexity index is 1190. The summed E-state index contributed by atoms with van der Waals surface area (Å²) in [7, 11) is 0. The number of hydrogen-bond donors (Lipinski definition) is 3. The first-order chi connectivity index (χ1) is 17.8. The minimum atomic E-state index is -1.16. The van der Waals surface area contributed by atoms with Gasteiger partial charge >= 0.3 is 0 Å². The van der Waals surface area contributed by atoms with Crippen LogP contribution in [0.15, 0.2) is 54.6 Å². The van der Waals surface area contributed by atoms with Gasteiger partial charge in [-0.2, -0.15) is 0 Å². The number of ether oxygens (including phenoxy) is 1. The fraction of sp³-hybridized carbons (Fsp3) is 0.464. The highest BCUT2D eigenvalue weighted by Crippen LogP contribution is 2.64. The minimum Gasteiger partial charge on any atom is -0.394 e. The fourth-order valence-corrected chi connectivity index (χ4v) is 6.77. The van der Waals surface area contributed by atoms with Crippen LogP contribution in [0, 0.1) is 11.8 Å². The second kappa shape index (κ2) is 9.74. The molecule has 0 aliphatic carbocycles. The molecule has 3 amide bonds. The summed E-state index contributed by atoms with van der Waals surface area (Å²) >= 11 is 6.00. The third-order valence-electron chi connectivity index (χ3n) is 8.38. The van der Waals surface area contributed by atoms with Gasteiger partial charge in [0.1, 0.15) is 11.6 Å². The van der Waals surface area contributed by atoms with Crippen molar-refractivity contribution in [2.75, 3.05) is 17.2 Å². The van der Waals surface area contributed by atoms with Gasteiger partial charge in [-0.3, -0.25) is 14.4 Å². The Kier molecular flexibility index (Phi) is 6.77. The third-order valence-corrected chi connectivity index (χ3v) is 8.63. The van der Waals surface area contributed by atoms with Crippen molar-refractivity contribution in [3.05, 3.63) is 59.6 Å². The number of aliphatic hydroxyl groups is 1. The molecule has 9 heteroatoms. The molecule has 1 spiro atoms. The van der Waals surface area contributed by atoms with Crippen molar-refractivity contribution in [3.8, 4) is 0 Å². The van der Waals surface area contributed by atoms with Crippen molar-refractivity contribution >= 4 is 40.7 Å². The number of anilines is 2. The van der Waals surface area contributed by atoms with E-state index in [2.05, 4.69) is 10.6 Å². The van der Waals surface area contributed by atoms with Crippen molar-refractivity contribution in [3.63, 3.8) is 0 Å². The van der Waals surface area contributed by atoms with Gasteiger partial charge in [-0.1, -0.05) is 43.6 Å². The number of hydrogen-bond acceptors (Lipinski definition) is 5. The molecule has 3 aliphatic heterocycles. The van der Waals surface area contributed by atoms with Crippen LogP contribution in [0.25, 0.3) is 0 Å². The number of aliphatic hydroxyl groups excluding tert-OH is 1. The van der Waals surface area contributed by atoms with Gasteiger partial charge in [0, 0.05) is 16.4 Å². The maximum atomic E-state index is 14.1. The summed E-state index contributed by atoms with van der Waals surface area (Å²) in [5.41, 5.74) is -0.831. The summed E-state index contributed by atoms with van der Waals surface area (Å²) in [6.45, 7) is 3.52. The Morgan fingerprint density at radius 2 is 1.70 bits per heavy atom. The summed E-state index contributed by atoms with van der Waals surface area (Å²) in [4.78, 5) is 43.2. The van der Waals surface area contributed by atoms with Gasteiger partial charge < -0.3 is 25.4 Å². The Morgan fingerprint density at radius 3 is 2.32 bits per heavy atom. The summed E-state index contributed by atoms with van der Waals surface area (Å²) in [6.07, 6.45) is 2.03. The number of benzene rings is 2. The lowest BCUT2D eigenvalue weighted by atomic mass is 9.65. The molecule has 8 nitrogen and oxygen atoms in total. The summed E-state index contributed by atoms with van der Waals surface area (Å²) in [5.74, 6) is -2.59. The highest BCUT2D eigenvalue weighted by molar-refractivity contribution is 6.30. The smallest absolute Gasteiger partial charge is 0.250 e. The van der Waals surface area contributed by atoms with E-state index in [-0.39, 0.29) is 18.4 Å². The molecule has 0 aromatic heterocycles. The van der Waals surface area contributed by atoms with E-state index in [0.29, 0.717) is 42.1 Å². The topological polar surface area (TPSA) is 108 Å². The molecule has 2 aromatic carbocycles. The van der Waals surface area contributed by atoms with Crippen LogP contribution in [-0.4, -0.2) is 57.6 Å². The lowest BCUT2D eigenvalue weighted by Gasteiger charge is -2.37. The molecular formula is C28H32ClN3O5. The Hall–Kier alpha value is -2.94. The number of carbonyl (C=O) groups is 3. The van der Waals surface area contributed by atoms with Gasteiger partial charge in [0.15, 0.2) is 0 Å². The predicted molar refractivity (Wildman–Crippen MR) is 140 cm³/mol. The van der Waals surface area contributed by atoms with Crippen LogP contribution in [0.4, 0.5) is 11.4 Å². The molecule has 3 saturated heterocycles. The average molecular weight is 526 g/mol. The molecule has 5 rings (SSSR count). The Labute approximate surface area is 221 Å². The van der Waals surface area contributed by atoms with Crippen LogP contribution < -0.4 is 10.6 Å². The molecule has 2 aromatic rings. The van der Waals surface area contributed by atoms with Gasteiger partial charge in [-0.25, -0.2) is 0 Å². The van der Waals surface area contributed by atoms with Crippen molar-refractivity contribution in [2.45, 2.75) is 62.8 Å². The monoisotopic (exact) mass is 525 g/mol. The summed E-state index contributed by atoms with van der Waals surface area (Å²) in [5, 5.41) is 16.6. The zero-order valence-corrected chi connectivity index (χ0v) is 21.7. The van der Waals surface area contributed by atoms with Crippen LogP contribution in [0.1, 0.15) is 39.5 Å². The number of amides is 3. The first-order valence-electron chi connectivity index (χ1n) is 12.9. The molecule has 0 radical (unpaired) electrons. The Morgan fingerprint density at radius 1 is 1.05 bits per heavy atom. The number of nitrogens with zero attached hydrogens (tertiary/aromatic N) is 1. The number of fused-ring (bicyclic) bond motifs is 1. The molecular weight excluding hydrogens is 494 g/mol. The van der Waals surface area contributed by atoms with Gasteiger partial charge in [-0.15, -0.1) is 0 Å². The molecule has 0 saturated carbocycles. The van der Waals surface area contributed by atoms with Gasteiger partial charge in [-0.05, 0) is 62.1 Å². The minimum absolute atomic E-state index is 0.288. The van der Waals surface area contributed by atoms with E-state index in [1.807, 2.05) is 32.0 Å². The molecule has 2 bridgehead atoms. The summed E-state index contributed by atoms with van der Waals surface area (Å²) < 4.78 is 6.74. The molecule has 196 valence electrons. The normalized spacial score (nSPS) is 30.8. The average Bonchev–Trinajstić information content (AvgIpc) is 3.51. The van der Waals surface area contributed by atoms with Gasteiger partial charge in [0.05, 0.1) is 30.1 Å². The fourth-order valence-electron chi connectivity index (χ4n) is 6.65. The molecule has 6 atom stereocenters. The van der Waals surface area contributed by atoms with Crippen molar-refractivity contribution in [2.24, 2.45) is 11.8 Å². The van der Waals surface area contributed by atoms with Gasteiger partial charge in [0.2, 0.25) is 17.7 Å². The predicted octanol–water partition coefficient (Wildman–Crippen LogP) is 3.84. The largest absolute Gasteiger partial charge is 0.394 e. The van der Waals surface area contributed by atoms with E-state index in [0.717, 1.165) is 0 Å². The molecule has 3 N–H and O–H groups in total. The van der Waals surface area contributed by atoms with Crippen molar-refractivity contribution < 1.29 is 24.2 Å². The number of para-hydroxylation sites is 1. The summed E-state index contributed by atoms with van der Waals surface area (Å²) in [6, 6.07) is 14.3. The maximum Gasteiger partial charge on any atom is 0.250 e. The highest BCUT2D eigenvalue weighted by atomic mass is 35.5.